The quantitative estimate of drug-likeness (QED) is 0.740. The van der Waals surface area contributed by atoms with Gasteiger partial charge in [-0.05, 0) is 16.5 Å². The Labute approximate surface area is 139 Å². The van der Waals surface area contributed by atoms with Crippen molar-refractivity contribution in [3.8, 4) is 0 Å². The third kappa shape index (κ3) is 2.25. The van der Waals surface area contributed by atoms with Gasteiger partial charge in [-0.15, -0.1) is 11.6 Å². The summed E-state index contributed by atoms with van der Waals surface area (Å²) >= 11 is 7.81. The fraction of sp³-hybridized carbons (Fsp3) is 0.167. The summed E-state index contributed by atoms with van der Waals surface area (Å²) in [6.45, 7) is 0. The molecule has 0 radical (unpaired) electrons. The zero-order chi connectivity index (χ0) is 14.9. The van der Waals surface area contributed by atoms with Gasteiger partial charge in [-0.3, -0.25) is 4.99 Å². The Hall–Kier alpha value is -1.71. The third-order valence-electron chi connectivity index (χ3n) is 4.06. The van der Waals surface area contributed by atoms with E-state index in [0.717, 1.165) is 10.9 Å². The number of benzene rings is 2. The molecule has 0 N–H and O–H groups in total. The molecule has 0 saturated carbocycles. The number of fused-ring (bicyclic) bond motifs is 1. The molecule has 0 aromatic heterocycles. The Balaban J connectivity index is 1.80. The minimum Gasteiger partial charge on any atom is -0.313 e. The van der Waals surface area contributed by atoms with E-state index >= 15 is 0 Å². The number of thioether (sulfide) groups is 1. The molecule has 2 nitrogen and oxygen atoms in total. The molecule has 22 heavy (non-hydrogen) atoms. The monoisotopic (exact) mass is 326 g/mol. The molecule has 4 heteroatoms. The largest absolute Gasteiger partial charge is 0.313 e. The maximum absolute atomic E-state index is 6.14. The van der Waals surface area contributed by atoms with Crippen LogP contribution in [0.5, 0.6) is 0 Å². The molecule has 2 aromatic rings. The van der Waals surface area contributed by atoms with Crippen LogP contribution in [-0.2, 0) is 0 Å². The third-order valence-corrected chi connectivity index (χ3v) is 5.24. The van der Waals surface area contributed by atoms with Crippen molar-refractivity contribution in [1.29, 1.82) is 0 Å². The highest BCUT2D eigenvalue weighted by Crippen LogP contribution is 2.49. The van der Waals surface area contributed by atoms with Crippen molar-refractivity contribution in [1.82, 2.24) is 4.90 Å². The Bertz CT molecular complexity index is 727. The maximum atomic E-state index is 6.14. The van der Waals surface area contributed by atoms with E-state index in [1.165, 1.54) is 11.1 Å². The zero-order valence-corrected chi connectivity index (χ0v) is 13.5. The molecular weight excluding hydrogens is 312 g/mol. The molecule has 2 aliphatic rings. The lowest BCUT2D eigenvalue weighted by atomic mass is 9.93. The van der Waals surface area contributed by atoms with Crippen LogP contribution in [0.3, 0.4) is 0 Å². The summed E-state index contributed by atoms with van der Waals surface area (Å²) in [4.78, 5) is 7.27. The van der Waals surface area contributed by atoms with Crippen molar-refractivity contribution in [2.24, 2.45) is 4.99 Å². The molecule has 0 fully saturated rings. The highest BCUT2D eigenvalue weighted by atomic mass is 35.5. The lowest BCUT2D eigenvalue weighted by molar-refractivity contribution is 0.378. The van der Waals surface area contributed by atoms with Gasteiger partial charge >= 0.3 is 0 Å². The number of hydrogen-bond acceptors (Lipinski definition) is 3. The van der Waals surface area contributed by atoms with Crippen molar-refractivity contribution in [3.05, 3.63) is 82.9 Å². The summed E-state index contributed by atoms with van der Waals surface area (Å²) in [6, 6.07) is 21.4. The van der Waals surface area contributed by atoms with Gasteiger partial charge in [-0.25, -0.2) is 0 Å². The number of hydrogen-bond donors (Lipinski definition) is 0. The molecule has 2 unspecified atom stereocenters. The van der Waals surface area contributed by atoms with Gasteiger partial charge in [0.1, 0.15) is 6.04 Å². The average Bonchev–Trinajstić information content (AvgIpc) is 3.15. The average molecular weight is 327 g/mol. The summed E-state index contributed by atoms with van der Waals surface area (Å²) in [5, 5.41) is 3.17. The summed E-state index contributed by atoms with van der Waals surface area (Å²) in [6.07, 6.45) is 0. The van der Waals surface area contributed by atoms with Crippen molar-refractivity contribution >= 4 is 28.5 Å². The molecule has 0 spiro atoms. The summed E-state index contributed by atoms with van der Waals surface area (Å²) in [5.41, 5.74) is 3.65. The van der Waals surface area contributed by atoms with Gasteiger partial charge < -0.3 is 4.90 Å². The van der Waals surface area contributed by atoms with Crippen LogP contribution in [0.4, 0.5) is 0 Å². The van der Waals surface area contributed by atoms with Gasteiger partial charge in [0.15, 0.2) is 5.17 Å². The fourth-order valence-corrected chi connectivity index (χ4v) is 4.32. The Morgan fingerprint density at radius 3 is 2.23 bits per heavy atom. The van der Waals surface area contributed by atoms with E-state index in [0.29, 0.717) is 5.88 Å². The Morgan fingerprint density at radius 2 is 1.59 bits per heavy atom. The number of amidine groups is 1. The number of rotatable bonds is 3. The molecule has 0 aliphatic carbocycles. The smallest absolute Gasteiger partial charge is 0.169 e. The Kier molecular flexibility index (Phi) is 3.68. The van der Waals surface area contributed by atoms with E-state index in [4.69, 9.17) is 16.6 Å². The van der Waals surface area contributed by atoms with Gasteiger partial charge in [-0.1, -0.05) is 72.4 Å². The second-order valence-electron chi connectivity index (χ2n) is 5.35. The van der Waals surface area contributed by atoms with Crippen LogP contribution >= 0.6 is 23.4 Å². The first-order valence-corrected chi connectivity index (χ1v) is 8.68. The number of halogens is 1. The second kappa shape index (κ2) is 5.82. The molecule has 2 aliphatic heterocycles. The van der Waals surface area contributed by atoms with Crippen molar-refractivity contribution in [2.75, 3.05) is 5.88 Å². The van der Waals surface area contributed by atoms with Crippen LogP contribution in [0.25, 0.3) is 0 Å². The molecule has 2 atom stereocenters. The lowest BCUT2D eigenvalue weighted by Crippen LogP contribution is -2.27. The van der Waals surface area contributed by atoms with Crippen LogP contribution in [-0.4, -0.2) is 15.9 Å². The zero-order valence-electron chi connectivity index (χ0n) is 11.9. The first kappa shape index (κ1) is 13.9. The van der Waals surface area contributed by atoms with Crippen LogP contribution in [0.2, 0.25) is 0 Å². The van der Waals surface area contributed by atoms with Crippen LogP contribution in [0, 0.1) is 0 Å². The predicted molar refractivity (Wildman–Crippen MR) is 94.0 cm³/mol. The standard InChI is InChI=1S/C18H15ClN2S/c19-11-15-12-22-18-20-16(13-7-3-1-4-8-13)17(21(15)18)14-9-5-2-6-10-14/h1-10,12,16-17H,11H2. The minimum absolute atomic E-state index is 0.109. The van der Waals surface area contributed by atoms with E-state index in [-0.39, 0.29) is 12.1 Å². The summed E-state index contributed by atoms with van der Waals surface area (Å²) < 4.78 is 0. The number of alkyl halides is 1. The van der Waals surface area contributed by atoms with Crippen LogP contribution in [0.15, 0.2) is 76.8 Å². The van der Waals surface area contributed by atoms with Gasteiger partial charge in [0.2, 0.25) is 0 Å². The van der Waals surface area contributed by atoms with E-state index in [1.807, 2.05) is 6.07 Å². The second-order valence-corrected chi connectivity index (χ2v) is 6.46. The van der Waals surface area contributed by atoms with Gasteiger partial charge in [-0.2, -0.15) is 0 Å². The highest BCUT2D eigenvalue weighted by Gasteiger charge is 2.41. The molecule has 0 saturated heterocycles. The van der Waals surface area contributed by atoms with E-state index in [2.05, 4.69) is 64.9 Å². The van der Waals surface area contributed by atoms with Crippen LogP contribution < -0.4 is 0 Å². The lowest BCUT2D eigenvalue weighted by Gasteiger charge is -2.29. The number of allylic oxidation sites excluding steroid dienone is 1. The molecular formula is C18H15ClN2S. The molecule has 2 heterocycles. The minimum atomic E-state index is 0.109. The number of nitrogens with zero attached hydrogens (tertiary/aromatic N) is 2. The normalized spacial score (nSPS) is 23.2. The summed E-state index contributed by atoms with van der Waals surface area (Å²) in [5.74, 6) is 0.511. The Morgan fingerprint density at radius 1 is 0.955 bits per heavy atom. The van der Waals surface area contributed by atoms with Crippen molar-refractivity contribution < 1.29 is 0 Å². The van der Waals surface area contributed by atoms with E-state index in [1.54, 1.807) is 11.8 Å². The van der Waals surface area contributed by atoms with Gasteiger partial charge in [0.05, 0.1) is 11.9 Å². The SMILES string of the molecule is ClCC1=CSC2=NC(c3ccccc3)C(c3ccccc3)N12. The highest BCUT2D eigenvalue weighted by molar-refractivity contribution is 8.16. The first-order chi connectivity index (χ1) is 10.9. The number of aliphatic imine (C=N–C) groups is 1. The fourth-order valence-electron chi connectivity index (χ4n) is 3.06. The van der Waals surface area contributed by atoms with E-state index < -0.39 is 0 Å². The molecule has 4 rings (SSSR count). The first-order valence-electron chi connectivity index (χ1n) is 7.27. The summed E-state index contributed by atoms with van der Waals surface area (Å²) in [7, 11) is 0. The van der Waals surface area contributed by atoms with Crippen molar-refractivity contribution in [3.63, 3.8) is 0 Å². The molecule has 0 bridgehead atoms. The van der Waals surface area contributed by atoms with Crippen molar-refractivity contribution in [2.45, 2.75) is 12.1 Å². The van der Waals surface area contributed by atoms with Gasteiger partial charge in [0.25, 0.3) is 0 Å². The maximum Gasteiger partial charge on any atom is 0.169 e. The molecule has 110 valence electrons. The molecule has 0 amide bonds. The molecule has 2 aromatic carbocycles. The predicted octanol–water partition coefficient (Wildman–Crippen LogP) is 4.97. The van der Waals surface area contributed by atoms with Crippen LogP contribution in [0.1, 0.15) is 23.2 Å². The van der Waals surface area contributed by atoms with E-state index in [9.17, 15) is 0 Å². The topological polar surface area (TPSA) is 15.6 Å². The van der Waals surface area contributed by atoms with Gasteiger partial charge in [0, 0.05) is 5.70 Å².